The van der Waals surface area contributed by atoms with Crippen molar-refractivity contribution in [1.82, 2.24) is 15.1 Å². The number of nitrogens with one attached hydrogen (secondary N) is 2. The molecule has 0 spiro atoms. The number of halogens is 1. The van der Waals surface area contributed by atoms with E-state index in [4.69, 9.17) is 4.74 Å². The minimum Gasteiger partial charge on any atom is -0.489 e. The van der Waals surface area contributed by atoms with Gasteiger partial charge in [0.1, 0.15) is 18.2 Å². The second-order valence-electron chi connectivity index (χ2n) is 8.49. The van der Waals surface area contributed by atoms with Crippen LogP contribution in [0, 0.1) is 5.82 Å². The van der Waals surface area contributed by atoms with Gasteiger partial charge in [0.05, 0.1) is 5.52 Å². The first-order valence-electron chi connectivity index (χ1n) is 11.3. The smallest absolute Gasteiger partial charge is 0.256 e. The van der Waals surface area contributed by atoms with E-state index >= 15 is 0 Å². The molecule has 2 N–H and O–H groups in total. The van der Waals surface area contributed by atoms with Gasteiger partial charge in [-0.1, -0.05) is 12.1 Å². The number of likely N-dealkylation sites (N-methyl/N-ethyl adjacent to an activating group) is 1. The van der Waals surface area contributed by atoms with Gasteiger partial charge in [0.2, 0.25) is 0 Å². The van der Waals surface area contributed by atoms with Gasteiger partial charge >= 0.3 is 0 Å². The van der Waals surface area contributed by atoms with Gasteiger partial charge in [-0.2, -0.15) is 5.10 Å². The molecular weight excluding hydrogens is 433 g/mol. The number of benzene rings is 3. The molecular formula is C26H26FN5O2. The summed E-state index contributed by atoms with van der Waals surface area (Å²) in [5, 5.41) is 10.8. The molecule has 1 fully saturated rings. The molecule has 34 heavy (non-hydrogen) atoms. The molecule has 2 heterocycles. The van der Waals surface area contributed by atoms with Gasteiger partial charge in [-0.15, -0.1) is 0 Å². The van der Waals surface area contributed by atoms with Crippen molar-refractivity contribution in [2.45, 2.75) is 6.61 Å². The fourth-order valence-electron chi connectivity index (χ4n) is 4.04. The molecule has 1 amide bonds. The summed E-state index contributed by atoms with van der Waals surface area (Å²) >= 11 is 0. The van der Waals surface area contributed by atoms with Gasteiger partial charge < -0.3 is 19.9 Å². The van der Waals surface area contributed by atoms with Gasteiger partial charge in [-0.05, 0) is 67.2 Å². The number of hydrogen-bond donors (Lipinski definition) is 2. The molecule has 7 nitrogen and oxygen atoms in total. The monoisotopic (exact) mass is 459 g/mol. The van der Waals surface area contributed by atoms with Crippen molar-refractivity contribution in [2.24, 2.45) is 0 Å². The van der Waals surface area contributed by atoms with Gasteiger partial charge in [-0.25, -0.2) is 4.39 Å². The van der Waals surface area contributed by atoms with E-state index in [0.29, 0.717) is 17.1 Å². The number of amides is 1. The van der Waals surface area contributed by atoms with Crippen LogP contribution in [-0.2, 0) is 6.61 Å². The molecule has 8 heteroatoms. The van der Waals surface area contributed by atoms with Gasteiger partial charge in [-0.3, -0.25) is 9.89 Å². The predicted molar refractivity (Wildman–Crippen MR) is 131 cm³/mol. The van der Waals surface area contributed by atoms with Gasteiger partial charge in [0, 0.05) is 42.8 Å². The maximum Gasteiger partial charge on any atom is 0.256 e. The first kappa shape index (κ1) is 21.9. The number of ether oxygens (including phenoxy) is 1. The highest BCUT2D eigenvalue weighted by Crippen LogP contribution is 2.26. The van der Waals surface area contributed by atoms with Crippen molar-refractivity contribution >= 4 is 28.3 Å². The highest BCUT2D eigenvalue weighted by atomic mass is 19.1. The number of piperazine rings is 1. The average molecular weight is 460 g/mol. The second kappa shape index (κ2) is 9.52. The number of anilines is 2. The van der Waals surface area contributed by atoms with E-state index in [-0.39, 0.29) is 18.3 Å². The fourth-order valence-corrected chi connectivity index (χ4v) is 4.04. The van der Waals surface area contributed by atoms with Crippen LogP contribution in [0.4, 0.5) is 15.9 Å². The second-order valence-corrected chi connectivity index (χ2v) is 8.49. The highest BCUT2D eigenvalue weighted by Gasteiger charge is 2.16. The number of aromatic amines is 1. The Morgan fingerprint density at radius 3 is 2.62 bits per heavy atom. The normalized spacial score (nSPS) is 14.4. The maximum absolute atomic E-state index is 13.4. The number of rotatable bonds is 6. The molecule has 174 valence electrons. The molecule has 0 unspecified atom stereocenters. The molecule has 0 bridgehead atoms. The van der Waals surface area contributed by atoms with Crippen LogP contribution in [0.15, 0.2) is 66.7 Å². The van der Waals surface area contributed by atoms with Crippen LogP contribution < -0.4 is 15.0 Å². The molecule has 1 aliphatic heterocycles. The summed E-state index contributed by atoms with van der Waals surface area (Å²) in [6, 6.07) is 19.4. The molecule has 0 radical (unpaired) electrons. The SMILES string of the molecule is CN1CCN(c2ccc(C(=O)Nc3n[nH]c4ccc(OCc5cccc(F)c5)cc34)cc2)CC1. The van der Waals surface area contributed by atoms with Gasteiger partial charge in [0.25, 0.3) is 5.91 Å². The van der Waals surface area contributed by atoms with Crippen LogP contribution in [0.5, 0.6) is 5.75 Å². The number of fused-ring (bicyclic) bond motifs is 1. The lowest BCUT2D eigenvalue weighted by atomic mass is 10.1. The van der Waals surface area contributed by atoms with Crippen LogP contribution >= 0.6 is 0 Å². The van der Waals surface area contributed by atoms with Crippen LogP contribution in [0.3, 0.4) is 0 Å². The lowest BCUT2D eigenvalue weighted by Crippen LogP contribution is -2.44. The van der Waals surface area contributed by atoms with Crippen LogP contribution in [0.2, 0.25) is 0 Å². The van der Waals surface area contributed by atoms with E-state index < -0.39 is 0 Å². The Balaban J connectivity index is 1.26. The van der Waals surface area contributed by atoms with E-state index in [0.717, 1.165) is 48.3 Å². The molecule has 5 rings (SSSR count). The molecule has 0 saturated carbocycles. The van der Waals surface area contributed by atoms with Gasteiger partial charge in [0.15, 0.2) is 5.82 Å². The Bertz CT molecular complexity index is 1300. The Kier molecular flexibility index (Phi) is 6.14. The standard InChI is InChI=1S/C26H26FN5O2/c1-31-11-13-32(14-12-31)21-7-5-19(6-8-21)26(33)28-25-23-16-22(9-10-24(23)29-30-25)34-17-18-3-2-4-20(27)15-18/h2-10,15-16H,11-14,17H2,1H3,(H2,28,29,30,33). The first-order chi connectivity index (χ1) is 16.5. The third-order valence-electron chi connectivity index (χ3n) is 6.06. The zero-order valence-electron chi connectivity index (χ0n) is 18.9. The Labute approximate surface area is 197 Å². The number of H-pyrrole nitrogens is 1. The lowest BCUT2D eigenvalue weighted by molar-refractivity contribution is 0.102. The maximum atomic E-state index is 13.4. The van der Waals surface area contributed by atoms with Crippen molar-refractivity contribution in [3.8, 4) is 5.75 Å². The van der Waals surface area contributed by atoms with Crippen LogP contribution in [0.1, 0.15) is 15.9 Å². The van der Waals surface area contributed by atoms with Crippen molar-refractivity contribution in [3.63, 3.8) is 0 Å². The largest absolute Gasteiger partial charge is 0.489 e. The number of aromatic nitrogens is 2. The number of carbonyl (C=O) groups excluding carboxylic acids is 1. The quantitative estimate of drug-likeness (QED) is 0.450. The summed E-state index contributed by atoms with van der Waals surface area (Å²) in [6.45, 7) is 4.25. The van der Waals surface area contributed by atoms with E-state index in [9.17, 15) is 9.18 Å². The summed E-state index contributed by atoms with van der Waals surface area (Å²) in [6.07, 6.45) is 0. The van der Waals surface area contributed by atoms with E-state index in [2.05, 4.69) is 32.4 Å². The Hall–Kier alpha value is -3.91. The number of carbonyl (C=O) groups is 1. The third-order valence-corrected chi connectivity index (χ3v) is 6.06. The predicted octanol–water partition coefficient (Wildman–Crippen LogP) is 4.29. The van der Waals surface area contributed by atoms with E-state index in [1.54, 1.807) is 12.1 Å². The topological polar surface area (TPSA) is 73.5 Å². The summed E-state index contributed by atoms with van der Waals surface area (Å²) in [7, 11) is 2.13. The van der Waals surface area contributed by atoms with Crippen molar-refractivity contribution in [2.75, 3.05) is 43.4 Å². The highest BCUT2D eigenvalue weighted by molar-refractivity contribution is 6.08. The van der Waals surface area contributed by atoms with Crippen LogP contribution in [0.25, 0.3) is 10.9 Å². The van der Waals surface area contributed by atoms with Crippen molar-refractivity contribution in [1.29, 1.82) is 0 Å². The molecule has 1 aliphatic rings. The zero-order valence-corrected chi connectivity index (χ0v) is 18.9. The molecule has 1 aromatic heterocycles. The lowest BCUT2D eigenvalue weighted by Gasteiger charge is -2.34. The Morgan fingerprint density at radius 2 is 1.85 bits per heavy atom. The van der Waals surface area contributed by atoms with Crippen molar-refractivity contribution < 1.29 is 13.9 Å². The number of hydrogen-bond acceptors (Lipinski definition) is 5. The molecule has 0 aliphatic carbocycles. The van der Waals surface area contributed by atoms with Crippen LogP contribution in [-0.4, -0.2) is 54.2 Å². The molecule has 4 aromatic rings. The molecule has 3 aromatic carbocycles. The number of nitrogens with zero attached hydrogens (tertiary/aromatic N) is 3. The summed E-state index contributed by atoms with van der Waals surface area (Å²) in [4.78, 5) is 17.5. The molecule has 0 atom stereocenters. The fraction of sp³-hybridized carbons (Fsp3) is 0.231. The Morgan fingerprint density at radius 1 is 1.06 bits per heavy atom. The minimum atomic E-state index is -0.298. The third kappa shape index (κ3) is 4.87. The zero-order chi connectivity index (χ0) is 23.5. The summed E-state index contributed by atoms with van der Waals surface area (Å²) in [5.74, 6) is 0.502. The first-order valence-corrected chi connectivity index (χ1v) is 11.3. The van der Waals surface area contributed by atoms with Crippen molar-refractivity contribution in [3.05, 3.63) is 83.7 Å². The summed E-state index contributed by atoms with van der Waals surface area (Å²) < 4.78 is 19.2. The average Bonchev–Trinajstić information content (AvgIpc) is 3.25. The summed E-state index contributed by atoms with van der Waals surface area (Å²) in [5.41, 5.74) is 3.20. The van der Waals surface area contributed by atoms with E-state index in [1.165, 1.54) is 12.1 Å². The molecule has 1 saturated heterocycles. The minimum absolute atomic E-state index is 0.232. The van der Waals surface area contributed by atoms with E-state index in [1.807, 2.05) is 42.5 Å².